The van der Waals surface area contributed by atoms with Gasteiger partial charge in [0, 0.05) is 29.4 Å². The van der Waals surface area contributed by atoms with Crippen molar-refractivity contribution in [2.75, 3.05) is 31.2 Å². The summed E-state index contributed by atoms with van der Waals surface area (Å²) in [5.74, 6) is -1.29. The number of aliphatic hydroxyl groups is 1. The van der Waals surface area contributed by atoms with Crippen LogP contribution in [0.3, 0.4) is 0 Å². The predicted molar refractivity (Wildman–Crippen MR) is 67.1 cm³/mol. The van der Waals surface area contributed by atoms with Crippen molar-refractivity contribution in [2.24, 2.45) is 0 Å². The van der Waals surface area contributed by atoms with Gasteiger partial charge in [-0.2, -0.15) is 0 Å². The Morgan fingerprint density at radius 3 is 2.67 bits per heavy atom. The largest absolute Gasteiger partial charge is 0.479 e. The smallest absolute Gasteiger partial charge is 0.337 e. The number of hydrogen-bond donors (Lipinski definition) is 2. The number of nitrogens with zero attached hydrogens (tertiary/aromatic N) is 1. The fourth-order valence-corrected chi connectivity index (χ4v) is 2.15. The predicted octanol–water partition coefficient (Wildman–Crippen LogP) is 1.29. The van der Waals surface area contributed by atoms with Gasteiger partial charge in [0.15, 0.2) is 6.10 Å². The highest BCUT2D eigenvalue weighted by atomic mass is 35.5. The van der Waals surface area contributed by atoms with E-state index in [0.717, 1.165) is 0 Å². The molecule has 0 spiro atoms. The summed E-state index contributed by atoms with van der Waals surface area (Å²) in [5, 5.41) is 19.0. The van der Waals surface area contributed by atoms with Gasteiger partial charge < -0.3 is 19.8 Å². The number of hydrogen-bond acceptors (Lipinski definition) is 4. The van der Waals surface area contributed by atoms with Crippen molar-refractivity contribution in [3.63, 3.8) is 0 Å². The molecular weight excluding hydrogens is 258 g/mol. The standard InChI is InChI=1S/C12H14ClNO4/c13-8-1-2-10(14-3-5-18-6-4-14)9(7-8)11(15)12(16)17/h1-2,7,11,15H,3-6H2,(H,16,17). The maximum Gasteiger partial charge on any atom is 0.337 e. The van der Waals surface area contributed by atoms with E-state index in [4.69, 9.17) is 21.4 Å². The molecule has 18 heavy (non-hydrogen) atoms. The van der Waals surface area contributed by atoms with Crippen molar-refractivity contribution in [3.05, 3.63) is 28.8 Å². The van der Waals surface area contributed by atoms with Crippen LogP contribution in [0.4, 0.5) is 5.69 Å². The highest BCUT2D eigenvalue weighted by Crippen LogP contribution is 2.30. The highest BCUT2D eigenvalue weighted by Gasteiger charge is 2.23. The van der Waals surface area contributed by atoms with Crippen LogP contribution in [0.5, 0.6) is 0 Å². The van der Waals surface area contributed by atoms with Crippen LogP contribution in [0.2, 0.25) is 5.02 Å². The summed E-state index contributed by atoms with van der Waals surface area (Å²) < 4.78 is 5.25. The molecule has 1 saturated heterocycles. The first kappa shape index (κ1) is 13.1. The van der Waals surface area contributed by atoms with Gasteiger partial charge in [0.05, 0.1) is 13.2 Å². The van der Waals surface area contributed by atoms with Gasteiger partial charge >= 0.3 is 5.97 Å². The number of aliphatic carboxylic acids is 1. The van der Waals surface area contributed by atoms with Gasteiger partial charge in [0.1, 0.15) is 0 Å². The minimum absolute atomic E-state index is 0.317. The number of anilines is 1. The Balaban J connectivity index is 2.36. The summed E-state index contributed by atoms with van der Waals surface area (Å²) >= 11 is 5.86. The average molecular weight is 272 g/mol. The van der Waals surface area contributed by atoms with E-state index in [9.17, 15) is 9.90 Å². The Morgan fingerprint density at radius 1 is 1.39 bits per heavy atom. The number of ether oxygens (including phenoxy) is 1. The molecule has 1 aromatic rings. The maximum atomic E-state index is 10.9. The zero-order valence-electron chi connectivity index (χ0n) is 9.67. The monoisotopic (exact) mass is 271 g/mol. The van der Waals surface area contributed by atoms with Gasteiger partial charge in [-0.25, -0.2) is 4.79 Å². The molecular formula is C12H14ClNO4. The first-order valence-corrected chi connectivity index (χ1v) is 6.00. The molecule has 2 N–H and O–H groups in total. The third-order valence-corrected chi connectivity index (χ3v) is 3.10. The number of carboxylic acid groups (broad SMARTS) is 1. The minimum Gasteiger partial charge on any atom is -0.479 e. The van der Waals surface area contributed by atoms with E-state index in [2.05, 4.69) is 0 Å². The number of benzene rings is 1. The summed E-state index contributed by atoms with van der Waals surface area (Å²) in [6, 6.07) is 4.91. The number of morpholine rings is 1. The molecule has 6 heteroatoms. The van der Waals surface area contributed by atoms with Gasteiger partial charge in [-0.1, -0.05) is 11.6 Å². The molecule has 1 aliphatic heterocycles. The molecule has 5 nitrogen and oxygen atoms in total. The molecule has 98 valence electrons. The lowest BCUT2D eigenvalue weighted by molar-refractivity contribution is -0.146. The van der Waals surface area contributed by atoms with Gasteiger partial charge in [-0.05, 0) is 18.2 Å². The summed E-state index contributed by atoms with van der Waals surface area (Å²) in [7, 11) is 0. The average Bonchev–Trinajstić information content (AvgIpc) is 2.38. The van der Waals surface area contributed by atoms with Crippen molar-refractivity contribution >= 4 is 23.3 Å². The van der Waals surface area contributed by atoms with Crippen molar-refractivity contribution < 1.29 is 19.7 Å². The van der Waals surface area contributed by atoms with Gasteiger partial charge in [0.25, 0.3) is 0 Å². The molecule has 1 aliphatic rings. The second-order valence-corrected chi connectivity index (χ2v) is 4.48. The molecule has 0 radical (unpaired) electrons. The SMILES string of the molecule is O=C(O)C(O)c1cc(Cl)ccc1N1CCOCC1. The third kappa shape index (κ3) is 2.75. The van der Waals surface area contributed by atoms with E-state index in [0.29, 0.717) is 42.6 Å². The molecule has 1 unspecified atom stereocenters. The van der Waals surface area contributed by atoms with E-state index in [1.54, 1.807) is 12.1 Å². The molecule has 0 bridgehead atoms. The maximum absolute atomic E-state index is 10.9. The molecule has 1 fully saturated rings. The van der Waals surface area contributed by atoms with Crippen molar-refractivity contribution in [2.45, 2.75) is 6.10 Å². The van der Waals surface area contributed by atoms with Crippen LogP contribution in [-0.4, -0.2) is 42.5 Å². The van der Waals surface area contributed by atoms with E-state index in [1.165, 1.54) is 6.07 Å². The number of carbonyl (C=O) groups is 1. The van der Waals surface area contributed by atoms with E-state index in [-0.39, 0.29) is 0 Å². The van der Waals surface area contributed by atoms with E-state index >= 15 is 0 Å². The molecule has 2 rings (SSSR count). The zero-order valence-corrected chi connectivity index (χ0v) is 10.4. The Hall–Kier alpha value is -1.30. The first-order valence-electron chi connectivity index (χ1n) is 5.62. The van der Waals surface area contributed by atoms with Crippen LogP contribution in [-0.2, 0) is 9.53 Å². The van der Waals surface area contributed by atoms with Crippen LogP contribution in [0, 0.1) is 0 Å². The third-order valence-electron chi connectivity index (χ3n) is 2.87. The molecule has 1 atom stereocenters. The minimum atomic E-state index is -1.57. The van der Waals surface area contributed by atoms with Gasteiger partial charge in [-0.15, -0.1) is 0 Å². The number of halogens is 1. The molecule has 0 aliphatic carbocycles. The number of aliphatic hydroxyl groups excluding tert-OH is 1. The Bertz CT molecular complexity index is 446. The zero-order chi connectivity index (χ0) is 13.1. The molecule has 1 heterocycles. The second-order valence-electron chi connectivity index (χ2n) is 4.04. The first-order chi connectivity index (χ1) is 8.59. The number of rotatable bonds is 3. The summed E-state index contributed by atoms with van der Waals surface area (Å²) in [6.45, 7) is 2.51. The lowest BCUT2D eigenvalue weighted by Gasteiger charge is -2.31. The van der Waals surface area contributed by atoms with E-state index in [1.807, 2.05) is 4.90 Å². The van der Waals surface area contributed by atoms with Crippen molar-refractivity contribution in [1.29, 1.82) is 0 Å². The van der Waals surface area contributed by atoms with Crippen LogP contribution >= 0.6 is 11.6 Å². The lowest BCUT2D eigenvalue weighted by atomic mass is 10.1. The van der Waals surface area contributed by atoms with Crippen LogP contribution in [0.25, 0.3) is 0 Å². The second kappa shape index (κ2) is 5.56. The van der Waals surface area contributed by atoms with Crippen LogP contribution < -0.4 is 4.90 Å². The Morgan fingerprint density at radius 2 is 2.06 bits per heavy atom. The van der Waals surface area contributed by atoms with Crippen molar-refractivity contribution in [3.8, 4) is 0 Å². The Kier molecular flexibility index (Phi) is 4.06. The van der Waals surface area contributed by atoms with Gasteiger partial charge in [0.2, 0.25) is 0 Å². The normalized spacial score (nSPS) is 17.6. The Labute approximate surface area is 110 Å². The summed E-state index contributed by atoms with van der Waals surface area (Å²) in [4.78, 5) is 12.9. The van der Waals surface area contributed by atoms with E-state index < -0.39 is 12.1 Å². The highest BCUT2D eigenvalue weighted by molar-refractivity contribution is 6.30. The summed E-state index contributed by atoms with van der Waals surface area (Å²) in [6.07, 6.45) is -1.57. The molecule has 0 saturated carbocycles. The summed E-state index contributed by atoms with van der Waals surface area (Å²) in [5.41, 5.74) is 1.01. The lowest BCUT2D eigenvalue weighted by Crippen LogP contribution is -2.37. The fraction of sp³-hybridized carbons (Fsp3) is 0.417. The fourth-order valence-electron chi connectivity index (χ4n) is 1.97. The van der Waals surface area contributed by atoms with Crippen LogP contribution in [0.1, 0.15) is 11.7 Å². The number of carboxylic acids is 1. The molecule has 1 aromatic carbocycles. The molecule has 0 amide bonds. The van der Waals surface area contributed by atoms with Gasteiger partial charge in [-0.3, -0.25) is 0 Å². The quantitative estimate of drug-likeness (QED) is 0.867. The van der Waals surface area contributed by atoms with Crippen molar-refractivity contribution in [1.82, 2.24) is 0 Å². The molecule has 0 aromatic heterocycles. The van der Waals surface area contributed by atoms with Crippen LogP contribution in [0.15, 0.2) is 18.2 Å². The topological polar surface area (TPSA) is 70.0 Å².